The number of nitrogens with two attached hydrogens (primary N) is 1. The first-order chi connectivity index (χ1) is 9.88. The van der Waals surface area contributed by atoms with Crippen molar-refractivity contribution < 1.29 is 9.59 Å². The van der Waals surface area contributed by atoms with Crippen LogP contribution in [0.3, 0.4) is 0 Å². The van der Waals surface area contributed by atoms with Gasteiger partial charge in [0.25, 0.3) is 5.91 Å². The van der Waals surface area contributed by atoms with E-state index in [1.54, 1.807) is 11.4 Å². The lowest BCUT2D eigenvalue weighted by molar-refractivity contribution is -0.121. The number of hydrogen-bond acceptors (Lipinski definition) is 4. The molecule has 0 spiro atoms. The number of anilines is 1. The van der Waals surface area contributed by atoms with Crippen LogP contribution in [0.5, 0.6) is 0 Å². The number of piperidine rings is 1. The first-order valence-electron chi connectivity index (χ1n) is 7.30. The van der Waals surface area contributed by atoms with E-state index in [9.17, 15) is 9.59 Å². The molecule has 2 amide bonds. The van der Waals surface area contributed by atoms with Crippen LogP contribution in [0.4, 0.5) is 5.00 Å². The number of hydrogen-bond donors (Lipinski definition) is 2. The average molecular weight is 309 g/mol. The molecular weight excluding hydrogens is 286 g/mol. The molecular formula is C15H23N3O2S. The van der Waals surface area contributed by atoms with Crippen molar-refractivity contribution in [2.75, 3.05) is 18.4 Å². The minimum atomic E-state index is -0.514. The topological polar surface area (TPSA) is 75.4 Å². The number of carbonyl (C=O) groups excluding carboxylic acids is 2. The van der Waals surface area contributed by atoms with Gasteiger partial charge in [-0.05, 0) is 36.6 Å². The van der Waals surface area contributed by atoms with Crippen LogP contribution in [0.1, 0.15) is 37.6 Å². The first-order valence-corrected chi connectivity index (χ1v) is 8.18. The van der Waals surface area contributed by atoms with Gasteiger partial charge in [0.15, 0.2) is 0 Å². The third-order valence-electron chi connectivity index (χ3n) is 3.99. The molecule has 0 bridgehead atoms. The van der Waals surface area contributed by atoms with Crippen LogP contribution in [0, 0.1) is 11.8 Å². The highest BCUT2D eigenvalue weighted by atomic mass is 32.1. The second-order valence-electron chi connectivity index (χ2n) is 6.09. The van der Waals surface area contributed by atoms with Crippen LogP contribution in [-0.4, -0.2) is 35.8 Å². The Bertz CT molecular complexity index is 519. The maximum Gasteiger partial charge on any atom is 0.251 e. The molecule has 0 unspecified atom stereocenters. The Kier molecular flexibility index (Phi) is 5.00. The summed E-state index contributed by atoms with van der Waals surface area (Å²) in [6.45, 7) is 8.23. The zero-order chi connectivity index (χ0) is 15.6. The predicted molar refractivity (Wildman–Crippen MR) is 85.4 cm³/mol. The summed E-state index contributed by atoms with van der Waals surface area (Å²) in [5, 5.41) is 5.13. The van der Waals surface area contributed by atoms with Crippen molar-refractivity contribution in [3.8, 4) is 0 Å². The van der Waals surface area contributed by atoms with Gasteiger partial charge in [-0.1, -0.05) is 13.8 Å². The van der Waals surface area contributed by atoms with E-state index in [0.717, 1.165) is 13.1 Å². The van der Waals surface area contributed by atoms with Crippen molar-refractivity contribution in [3.63, 3.8) is 0 Å². The molecule has 0 aliphatic carbocycles. The van der Waals surface area contributed by atoms with Gasteiger partial charge < -0.3 is 11.1 Å². The van der Waals surface area contributed by atoms with Crippen LogP contribution in [0.2, 0.25) is 0 Å². The summed E-state index contributed by atoms with van der Waals surface area (Å²) in [4.78, 5) is 25.9. The van der Waals surface area contributed by atoms with Crippen molar-refractivity contribution in [1.82, 2.24) is 4.90 Å². The SMILES string of the molecule is C[C@@H]1C[C@H](C)CN([C@@H](C)C(=O)Nc2sccc2C(N)=O)C1. The van der Waals surface area contributed by atoms with Gasteiger partial charge in [-0.25, -0.2) is 0 Å². The third kappa shape index (κ3) is 3.83. The minimum absolute atomic E-state index is 0.0822. The molecule has 0 radical (unpaired) electrons. The molecule has 0 aromatic carbocycles. The largest absolute Gasteiger partial charge is 0.366 e. The smallest absolute Gasteiger partial charge is 0.251 e. The summed E-state index contributed by atoms with van der Waals surface area (Å²) in [5.74, 6) is 0.611. The zero-order valence-corrected chi connectivity index (χ0v) is 13.6. The van der Waals surface area contributed by atoms with E-state index in [-0.39, 0.29) is 11.9 Å². The summed E-state index contributed by atoms with van der Waals surface area (Å²) in [5.41, 5.74) is 5.67. The number of carbonyl (C=O) groups is 2. The Labute approximate surface area is 129 Å². The summed E-state index contributed by atoms with van der Waals surface area (Å²) in [7, 11) is 0. The molecule has 1 aromatic heterocycles. The first kappa shape index (κ1) is 16.0. The lowest BCUT2D eigenvalue weighted by atomic mass is 9.91. The van der Waals surface area contributed by atoms with Gasteiger partial charge in [0.1, 0.15) is 5.00 Å². The molecule has 6 heteroatoms. The maximum absolute atomic E-state index is 12.4. The highest BCUT2D eigenvalue weighted by molar-refractivity contribution is 7.14. The lowest BCUT2D eigenvalue weighted by Crippen LogP contribution is -2.48. The van der Waals surface area contributed by atoms with Crippen LogP contribution in [0.15, 0.2) is 11.4 Å². The highest BCUT2D eigenvalue weighted by Gasteiger charge is 2.29. The number of primary amides is 1. The molecule has 2 rings (SSSR count). The molecule has 3 N–H and O–H groups in total. The number of amides is 2. The fourth-order valence-electron chi connectivity index (χ4n) is 3.01. The van der Waals surface area contributed by atoms with E-state index in [4.69, 9.17) is 5.73 Å². The van der Waals surface area contributed by atoms with E-state index in [2.05, 4.69) is 24.1 Å². The Morgan fingerprint density at radius 2 is 2.00 bits per heavy atom. The van der Waals surface area contributed by atoms with Gasteiger partial charge >= 0.3 is 0 Å². The Balaban J connectivity index is 2.02. The van der Waals surface area contributed by atoms with Gasteiger partial charge in [-0.15, -0.1) is 11.3 Å². The van der Waals surface area contributed by atoms with Gasteiger partial charge in [0.05, 0.1) is 11.6 Å². The fourth-order valence-corrected chi connectivity index (χ4v) is 3.80. The number of likely N-dealkylation sites (tertiary alicyclic amines) is 1. The van der Waals surface area contributed by atoms with Crippen molar-refractivity contribution in [1.29, 1.82) is 0 Å². The number of nitrogens with one attached hydrogen (secondary N) is 1. The molecule has 1 aromatic rings. The second kappa shape index (κ2) is 6.58. The molecule has 3 atom stereocenters. The van der Waals surface area contributed by atoms with Crippen molar-refractivity contribution in [3.05, 3.63) is 17.0 Å². The van der Waals surface area contributed by atoms with Crippen LogP contribution < -0.4 is 11.1 Å². The van der Waals surface area contributed by atoms with Crippen molar-refractivity contribution in [2.45, 2.75) is 33.2 Å². The van der Waals surface area contributed by atoms with Crippen molar-refractivity contribution >= 4 is 28.2 Å². The molecule has 21 heavy (non-hydrogen) atoms. The van der Waals surface area contributed by atoms with Crippen molar-refractivity contribution in [2.24, 2.45) is 17.6 Å². The number of nitrogens with zero attached hydrogens (tertiary/aromatic N) is 1. The average Bonchev–Trinajstić information content (AvgIpc) is 2.84. The predicted octanol–water partition coefficient (Wildman–Crippen LogP) is 2.15. The molecule has 1 fully saturated rings. The second-order valence-corrected chi connectivity index (χ2v) is 7.01. The summed E-state index contributed by atoms with van der Waals surface area (Å²) < 4.78 is 0. The Hall–Kier alpha value is -1.40. The van der Waals surface area contributed by atoms with E-state index in [1.165, 1.54) is 17.8 Å². The van der Waals surface area contributed by atoms with Crippen LogP contribution >= 0.6 is 11.3 Å². The normalized spacial score (nSPS) is 24.5. The van der Waals surface area contributed by atoms with E-state index >= 15 is 0 Å². The molecule has 0 saturated carbocycles. The lowest BCUT2D eigenvalue weighted by Gasteiger charge is -2.38. The standard InChI is InChI=1S/C15H23N3O2S/c1-9-6-10(2)8-18(7-9)11(3)14(20)17-15-12(13(16)19)4-5-21-15/h4-5,9-11H,6-8H2,1-3H3,(H2,16,19)(H,17,20)/t9-,10+,11-/m0/s1. The minimum Gasteiger partial charge on any atom is -0.366 e. The van der Waals surface area contributed by atoms with Crippen LogP contribution in [0.25, 0.3) is 0 Å². The highest BCUT2D eigenvalue weighted by Crippen LogP contribution is 2.25. The molecule has 1 aliphatic heterocycles. The number of thiophene rings is 1. The Morgan fingerprint density at radius 1 is 1.38 bits per heavy atom. The molecule has 1 saturated heterocycles. The molecule has 116 valence electrons. The molecule has 5 nitrogen and oxygen atoms in total. The van der Waals surface area contributed by atoms with E-state index in [0.29, 0.717) is 22.4 Å². The summed E-state index contributed by atoms with van der Waals surface area (Å²) in [6.07, 6.45) is 1.21. The van der Waals surface area contributed by atoms with Gasteiger partial charge in [-0.3, -0.25) is 14.5 Å². The number of rotatable bonds is 4. The zero-order valence-electron chi connectivity index (χ0n) is 12.8. The van der Waals surface area contributed by atoms with Gasteiger partial charge in [-0.2, -0.15) is 0 Å². The van der Waals surface area contributed by atoms with E-state index in [1.807, 2.05) is 6.92 Å². The monoisotopic (exact) mass is 309 g/mol. The molecule has 1 aliphatic rings. The van der Waals surface area contributed by atoms with Crippen LogP contribution in [-0.2, 0) is 4.79 Å². The van der Waals surface area contributed by atoms with E-state index < -0.39 is 5.91 Å². The summed E-state index contributed by atoms with van der Waals surface area (Å²) in [6, 6.07) is 1.43. The third-order valence-corrected chi connectivity index (χ3v) is 4.82. The Morgan fingerprint density at radius 3 is 2.57 bits per heavy atom. The quantitative estimate of drug-likeness (QED) is 0.895. The maximum atomic E-state index is 12.4. The molecule has 2 heterocycles. The van der Waals surface area contributed by atoms with Gasteiger partial charge in [0.2, 0.25) is 5.91 Å². The van der Waals surface area contributed by atoms with Gasteiger partial charge in [0, 0.05) is 13.1 Å². The fraction of sp³-hybridized carbons (Fsp3) is 0.600. The summed E-state index contributed by atoms with van der Waals surface area (Å²) >= 11 is 1.32.